The first-order chi connectivity index (χ1) is 14.0. The van der Waals surface area contributed by atoms with Crippen molar-refractivity contribution >= 4 is 30.2 Å². The molecule has 162 valence electrons. The lowest BCUT2D eigenvalue weighted by Crippen LogP contribution is -2.36. The number of hydrogen-bond acceptors (Lipinski definition) is 4. The van der Waals surface area contributed by atoms with Crippen LogP contribution < -0.4 is 5.32 Å². The minimum absolute atomic E-state index is 0. The summed E-state index contributed by atoms with van der Waals surface area (Å²) in [6, 6.07) is 15.7. The van der Waals surface area contributed by atoms with Crippen LogP contribution in [0.25, 0.3) is 11.1 Å². The summed E-state index contributed by atoms with van der Waals surface area (Å²) in [6.07, 6.45) is 2.49. The van der Waals surface area contributed by atoms with Crippen molar-refractivity contribution in [1.82, 2.24) is 4.90 Å². The summed E-state index contributed by atoms with van der Waals surface area (Å²) in [7, 11) is 2.07. The Bertz CT molecular complexity index is 836. The Morgan fingerprint density at radius 2 is 1.83 bits per heavy atom. The highest BCUT2D eigenvalue weighted by Gasteiger charge is 2.21. The third-order valence-electron chi connectivity index (χ3n) is 5.20. The summed E-state index contributed by atoms with van der Waals surface area (Å²) < 4.78 is 5.63. The van der Waals surface area contributed by atoms with Gasteiger partial charge in [0.2, 0.25) is 0 Å². The van der Waals surface area contributed by atoms with Crippen molar-refractivity contribution < 1.29 is 19.4 Å². The van der Waals surface area contributed by atoms with Gasteiger partial charge in [0.1, 0.15) is 6.10 Å². The Balaban J connectivity index is 0.00000320. The molecule has 2 N–H and O–H groups in total. The van der Waals surface area contributed by atoms with Gasteiger partial charge >= 0.3 is 12.1 Å². The number of hydrogen-bond donors (Lipinski definition) is 2. The topological polar surface area (TPSA) is 78.9 Å². The molecule has 0 radical (unpaired) electrons. The molecule has 0 aromatic heterocycles. The number of halogens is 1. The molecule has 2 aromatic carbocycles. The molecule has 1 amide bonds. The number of aryl methyl sites for hydroxylation is 1. The Labute approximate surface area is 183 Å². The number of carboxylic acids is 1. The minimum atomic E-state index is -0.800. The van der Waals surface area contributed by atoms with Crippen molar-refractivity contribution in [2.45, 2.75) is 38.2 Å². The van der Waals surface area contributed by atoms with E-state index in [0.29, 0.717) is 18.5 Å². The molecular formula is C23H29ClN2O4. The zero-order valence-electron chi connectivity index (χ0n) is 17.2. The average Bonchev–Trinajstić information content (AvgIpc) is 2.70. The molecule has 1 saturated heterocycles. The smallest absolute Gasteiger partial charge is 0.411 e. The van der Waals surface area contributed by atoms with Crippen LogP contribution in [0.3, 0.4) is 0 Å². The van der Waals surface area contributed by atoms with Gasteiger partial charge in [-0.25, -0.2) is 4.79 Å². The van der Waals surface area contributed by atoms with E-state index in [1.54, 1.807) is 0 Å². The molecule has 0 unspecified atom stereocenters. The van der Waals surface area contributed by atoms with Crippen molar-refractivity contribution in [3.8, 4) is 11.1 Å². The molecule has 0 saturated carbocycles. The van der Waals surface area contributed by atoms with E-state index in [1.165, 1.54) is 0 Å². The van der Waals surface area contributed by atoms with Gasteiger partial charge in [-0.2, -0.15) is 0 Å². The lowest BCUT2D eigenvalue weighted by atomic mass is 9.99. The Kier molecular flexibility index (Phi) is 9.15. The number of benzene rings is 2. The number of likely N-dealkylation sites (tertiary alicyclic amines) is 1. The standard InChI is InChI=1S/C23H28N2O4.ClH/c1-25-14-12-19(13-15-25)29-23(28)24-21-16-17(6-5-9-22(26)27)10-11-20(21)18-7-3-2-4-8-18;/h2-4,7-8,10-11,16,19H,5-6,9,12-15H2,1H3,(H,24,28)(H,26,27);1H. The van der Waals surface area contributed by atoms with Gasteiger partial charge < -0.3 is 14.7 Å². The summed E-state index contributed by atoms with van der Waals surface area (Å²) in [4.78, 5) is 25.5. The SMILES string of the molecule is CN1CCC(OC(=O)Nc2cc(CCCC(=O)O)ccc2-c2ccccc2)CC1.Cl. The Morgan fingerprint density at radius 1 is 1.13 bits per heavy atom. The van der Waals surface area contributed by atoms with Gasteiger partial charge in [-0.15, -0.1) is 12.4 Å². The summed E-state index contributed by atoms with van der Waals surface area (Å²) in [6.45, 7) is 1.85. The van der Waals surface area contributed by atoms with E-state index in [2.05, 4.69) is 17.3 Å². The van der Waals surface area contributed by atoms with Crippen molar-refractivity contribution in [2.24, 2.45) is 0 Å². The second-order valence-corrected chi connectivity index (χ2v) is 7.53. The number of carboxylic acid groups (broad SMARTS) is 1. The van der Waals surface area contributed by atoms with E-state index in [-0.39, 0.29) is 24.9 Å². The normalized spacial score (nSPS) is 14.6. The van der Waals surface area contributed by atoms with Crippen LogP contribution in [-0.2, 0) is 16.0 Å². The average molecular weight is 433 g/mol. The molecule has 1 aliphatic heterocycles. The van der Waals surface area contributed by atoms with Gasteiger partial charge in [0.15, 0.2) is 0 Å². The predicted molar refractivity (Wildman–Crippen MR) is 120 cm³/mol. The number of aliphatic carboxylic acids is 1. The van der Waals surface area contributed by atoms with Gasteiger partial charge in [0, 0.05) is 25.1 Å². The minimum Gasteiger partial charge on any atom is -0.481 e. The van der Waals surface area contributed by atoms with Crippen molar-refractivity contribution in [2.75, 3.05) is 25.5 Å². The maximum absolute atomic E-state index is 12.5. The number of anilines is 1. The lowest BCUT2D eigenvalue weighted by Gasteiger charge is -2.28. The maximum atomic E-state index is 12.5. The fraction of sp³-hybridized carbons (Fsp3) is 0.391. The van der Waals surface area contributed by atoms with E-state index in [4.69, 9.17) is 9.84 Å². The van der Waals surface area contributed by atoms with Gasteiger partial charge in [0.05, 0.1) is 5.69 Å². The summed E-state index contributed by atoms with van der Waals surface area (Å²) in [5, 5.41) is 11.8. The van der Waals surface area contributed by atoms with Crippen LogP contribution in [-0.4, -0.2) is 48.3 Å². The van der Waals surface area contributed by atoms with Crippen LogP contribution in [0, 0.1) is 0 Å². The molecular weight excluding hydrogens is 404 g/mol. The molecule has 1 fully saturated rings. The zero-order chi connectivity index (χ0) is 20.6. The molecule has 7 heteroatoms. The number of ether oxygens (including phenoxy) is 1. The molecule has 30 heavy (non-hydrogen) atoms. The number of amides is 1. The molecule has 1 heterocycles. The van der Waals surface area contributed by atoms with E-state index < -0.39 is 12.1 Å². The third kappa shape index (κ3) is 7.04. The second-order valence-electron chi connectivity index (χ2n) is 7.53. The highest BCUT2D eigenvalue weighted by atomic mass is 35.5. The highest BCUT2D eigenvalue weighted by molar-refractivity contribution is 5.91. The maximum Gasteiger partial charge on any atom is 0.411 e. The van der Waals surface area contributed by atoms with Crippen molar-refractivity contribution in [3.63, 3.8) is 0 Å². The summed E-state index contributed by atoms with van der Waals surface area (Å²) in [5.41, 5.74) is 3.58. The fourth-order valence-electron chi connectivity index (χ4n) is 3.56. The first-order valence-electron chi connectivity index (χ1n) is 10.1. The highest BCUT2D eigenvalue weighted by Crippen LogP contribution is 2.30. The van der Waals surface area contributed by atoms with Crippen molar-refractivity contribution in [3.05, 3.63) is 54.1 Å². The number of carbonyl (C=O) groups is 2. The van der Waals surface area contributed by atoms with Gasteiger partial charge in [0.25, 0.3) is 0 Å². The number of nitrogens with zero attached hydrogens (tertiary/aromatic N) is 1. The first-order valence-corrected chi connectivity index (χ1v) is 10.1. The third-order valence-corrected chi connectivity index (χ3v) is 5.20. The van der Waals surface area contributed by atoms with Crippen LogP contribution in [0.4, 0.5) is 10.5 Å². The Hall–Kier alpha value is -2.57. The largest absolute Gasteiger partial charge is 0.481 e. The van der Waals surface area contributed by atoms with E-state index in [1.807, 2.05) is 48.5 Å². The van der Waals surface area contributed by atoms with Crippen molar-refractivity contribution in [1.29, 1.82) is 0 Å². The van der Waals surface area contributed by atoms with E-state index in [9.17, 15) is 9.59 Å². The van der Waals surface area contributed by atoms with E-state index >= 15 is 0 Å². The number of rotatable bonds is 7. The van der Waals surface area contributed by atoms with Crippen LogP contribution >= 0.6 is 12.4 Å². The molecule has 6 nitrogen and oxygen atoms in total. The molecule has 2 aromatic rings. The zero-order valence-corrected chi connectivity index (χ0v) is 18.0. The molecule has 0 atom stereocenters. The molecule has 0 spiro atoms. The van der Waals surface area contributed by atoms with Gasteiger partial charge in [-0.05, 0) is 49.9 Å². The second kappa shape index (κ2) is 11.6. The van der Waals surface area contributed by atoms with Crippen LogP contribution in [0.15, 0.2) is 48.5 Å². The monoisotopic (exact) mass is 432 g/mol. The Morgan fingerprint density at radius 3 is 2.50 bits per heavy atom. The van der Waals surface area contributed by atoms with Crippen LogP contribution in [0.1, 0.15) is 31.2 Å². The quantitative estimate of drug-likeness (QED) is 0.655. The number of nitrogens with one attached hydrogen (secondary N) is 1. The first kappa shape index (κ1) is 23.7. The number of piperidine rings is 1. The van der Waals surface area contributed by atoms with Gasteiger partial charge in [-0.3, -0.25) is 10.1 Å². The van der Waals surface area contributed by atoms with E-state index in [0.717, 1.165) is 42.6 Å². The van der Waals surface area contributed by atoms with Crippen LogP contribution in [0.5, 0.6) is 0 Å². The molecule has 0 bridgehead atoms. The summed E-state index contributed by atoms with van der Waals surface area (Å²) in [5.74, 6) is -0.800. The molecule has 0 aliphatic carbocycles. The lowest BCUT2D eigenvalue weighted by molar-refractivity contribution is -0.137. The van der Waals surface area contributed by atoms with Crippen LogP contribution in [0.2, 0.25) is 0 Å². The number of carbonyl (C=O) groups excluding carboxylic acids is 1. The fourth-order valence-corrected chi connectivity index (χ4v) is 3.56. The molecule has 1 aliphatic rings. The molecule has 3 rings (SSSR count). The summed E-state index contributed by atoms with van der Waals surface area (Å²) >= 11 is 0. The van der Waals surface area contributed by atoms with Gasteiger partial charge in [-0.1, -0.05) is 42.5 Å². The predicted octanol–water partition coefficient (Wildman–Crippen LogP) is 4.83.